The molecule has 1 aliphatic carbocycles. The molecular formula is C13H16N2O2S. The molecule has 3 aliphatic rings. The van der Waals surface area contributed by atoms with Crippen LogP contribution in [0.3, 0.4) is 0 Å². The second-order valence-corrected chi connectivity index (χ2v) is 6.45. The van der Waals surface area contributed by atoms with Crippen molar-refractivity contribution in [3.05, 3.63) is 21.4 Å². The van der Waals surface area contributed by atoms with Crippen LogP contribution in [0.5, 0.6) is 0 Å². The van der Waals surface area contributed by atoms with E-state index in [0.717, 1.165) is 38.2 Å². The predicted molar refractivity (Wildman–Crippen MR) is 68.9 cm³/mol. The number of hydrogen-bond donors (Lipinski definition) is 1. The van der Waals surface area contributed by atoms with Gasteiger partial charge in [-0.3, -0.25) is 9.69 Å². The van der Waals surface area contributed by atoms with E-state index in [1.807, 2.05) is 0 Å². The van der Waals surface area contributed by atoms with Crippen molar-refractivity contribution in [3.8, 4) is 0 Å². The van der Waals surface area contributed by atoms with E-state index in [-0.39, 0.29) is 5.91 Å². The van der Waals surface area contributed by atoms with E-state index in [0.29, 0.717) is 12.1 Å². The van der Waals surface area contributed by atoms with Gasteiger partial charge in [-0.2, -0.15) is 0 Å². The Morgan fingerprint density at radius 3 is 3.39 bits per heavy atom. The number of amides is 1. The minimum Gasteiger partial charge on any atom is -0.375 e. The van der Waals surface area contributed by atoms with E-state index >= 15 is 0 Å². The number of rotatable bonds is 3. The Hall–Kier alpha value is -0.910. The van der Waals surface area contributed by atoms with Gasteiger partial charge in [0, 0.05) is 28.9 Å². The molecule has 1 aromatic rings. The summed E-state index contributed by atoms with van der Waals surface area (Å²) in [4.78, 5) is 16.6. The maximum Gasteiger partial charge on any atom is 0.252 e. The van der Waals surface area contributed by atoms with E-state index in [9.17, 15) is 4.79 Å². The molecule has 5 heteroatoms. The van der Waals surface area contributed by atoms with Crippen molar-refractivity contribution in [2.45, 2.75) is 31.5 Å². The number of thiophene rings is 1. The maximum atomic E-state index is 11.5. The summed E-state index contributed by atoms with van der Waals surface area (Å²) in [5.41, 5.74) is 0.904. The fraction of sp³-hybridized carbons (Fsp3) is 0.615. The molecule has 0 aromatic carbocycles. The van der Waals surface area contributed by atoms with E-state index in [1.54, 1.807) is 11.3 Å². The van der Waals surface area contributed by atoms with Crippen LogP contribution in [0.25, 0.3) is 0 Å². The van der Waals surface area contributed by atoms with E-state index in [2.05, 4.69) is 16.3 Å². The van der Waals surface area contributed by atoms with Crippen molar-refractivity contribution in [3.63, 3.8) is 0 Å². The molecule has 18 heavy (non-hydrogen) atoms. The van der Waals surface area contributed by atoms with Gasteiger partial charge in [-0.25, -0.2) is 0 Å². The largest absolute Gasteiger partial charge is 0.375 e. The first kappa shape index (κ1) is 11.0. The minimum atomic E-state index is 0.0983. The molecule has 1 saturated heterocycles. The van der Waals surface area contributed by atoms with Gasteiger partial charge in [0.25, 0.3) is 5.91 Å². The van der Waals surface area contributed by atoms with Gasteiger partial charge in [-0.05, 0) is 18.9 Å². The molecule has 2 atom stereocenters. The van der Waals surface area contributed by atoms with Crippen LogP contribution in [-0.4, -0.2) is 42.6 Å². The van der Waals surface area contributed by atoms with Crippen LogP contribution in [0, 0.1) is 0 Å². The zero-order valence-electron chi connectivity index (χ0n) is 10.1. The van der Waals surface area contributed by atoms with Crippen molar-refractivity contribution >= 4 is 17.2 Å². The third-order valence-corrected chi connectivity index (χ3v) is 5.23. The summed E-state index contributed by atoms with van der Waals surface area (Å²) < 4.78 is 5.61. The number of morpholine rings is 1. The lowest BCUT2D eigenvalue weighted by atomic mass is 10.2. The number of nitrogens with zero attached hydrogens (tertiary/aromatic N) is 1. The van der Waals surface area contributed by atoms with Gasteiger partial charge in [-0.15, -0.1) is 11.3 Å². The van der Waals surface area contributed by atoms with Gasteiger partial charge in [0.1, 0.15) is 0 Å². The molecule has 1 aromatic heterocycles. The quantitative estimate of drug-likeness (QED) is 0.886. The number of fused-ring (bicyclic) bond motifs is 2. The zero-order chi connectivity index (χ0) is 12.1. The van der Waals surface area contributed by atoms with Gasteiger partial charge in [0.05, 0.1) is 24.8 Å². The summed E-state index contributed by atoms with van der Waals surface area (Å²) in [6.07, 6.45) is 2.79. The van der Waals surface area contributed by atoms with Crippen molar-refractivity contribution in [1.82, 2.24) is 10.2 Å². The maximum absolute atomic E-state index is 11.5. The van der Waals surface area contributed by atoms with Gasteiger partial charge < -0.3 is 10.1 Å². The summed E-state index contributed by atoms with van der Waals surface area (Å²) in [7, 11) is 0. The first-order valence-electron chi connectivity index (χ1n) is 6.57. The van der Waals surface area contributed by atoms with Crippen molar-refractivity contribution in [1.29, 1.82) is 0 Å². The SMILES string of the molecule is O=C1NCc2sc(CCN3CCOC4CC43)cc21. The zero-order valence-corrected chi connectivity index (χ0v) is 11.0. The third-order valence-electron chi connectivity index (χ3n) is 4.04. The molecule has 4 nitrogen and oxygen atoms in total. The van der Waals surface area contributed by atoms with Gasteiger partial charge >= 0.3 is 0 Å². The van der Waals surface area contributed by atoms with Crippen molar-refractivity contribution in [2.75, 3.05) is 19.7 Å². The lowest BCUT2D eigenvalue weighted by molar-refractivity contribution is 0.0318. The predicted octanol–water partition coefficient (Wildman–Crippen LogP) is 1.01. The van der Waals surface area contributed by atoms with Gasteiger partial charge in [0.2, 0.25) is 0 Å². The first-order valence-corrected chi connectivity index (χ1v) is 7.38. The monoisotopic (exact) mass is 264 g/mol. The Bertz CT molecular complexity index is 499. The lowest BCUT2D eigenvalue weighted by Crippen LogP contribution is -2.37. The Kier molecular flexibility index (Phi) is 2.46. The number of ether oxygens (including phenoxy) is 1. The molecule has 2 unspecified atom stereocenters. The molecule has 1 amide bonds. The summed E-state index contributed by atoms with van der Waals surface area (Å²) in [5, 5.41) is 2.86. The summed E-state index contributed by atoms with van der Waals surface area (Å²) in [6.45, 7) is 3.77. The fourth-order valence-corrected chi connectivity index (χ4v) is 4.02. The summed E-state index contributed by atoms with van der Waals surface area (Å²) in [5.74, 6) is 0.0983. The van der Waals surface area contributed by atoms with Crippen LogP contribution in [0.1, 0.15) is 26.5 Å². The number of nitrogens with one attached hydrogen (secondary N) is 1. The fourth-order valence-electron chi connectivity index (χ4n) is 2.93. The smallest absolute Gasteiger partial charge is 0.252 e. The Balaban J connectivity index is 1.40. The highest BCUT2D eigenvalue weighted by Gasteiger charge is 2.45. The molecule has 2 aliphatic heterocycles. The van der Waals surface area contributed by atoms with Crippen LogP contribution in [-0.2, 0) is 17.7 Å². The molecular weight excluding hydrogens is 248 g/mol. The third kappa shape index (κ3) is 1.77. The second kappa shape index (κ2) is 4.05. The van der Waals surface area contributed by atoms with Crippen molar-refractivity contribution < 1.29 is 9.53 Å². The highest BCUT2D eigenvalue weighted by atomic mass is 32.1. The van der Waals surface area contributed by atoms with Crippen LogP contribution in [0.15, 0.2) is 6.07 Å². The standard InChI is InChI=1S/C13H16N2O2S/c16-13-9-5-8(18-12(9)7-14-13)1-2-15-3-4-17-11-6-10(11)15/h5,10-11H,1-4,6-7H2,(H,14,16). The number of carbonyl (C=O) groups is 1. The first-order chi connectivity index (χ1) is 8.81. The lowest BCUT2D eigenvalue weighted by Gasteiger charge is -2.26. The van der Waals surface area contributed by atoms with Crippen LogP contribution < -0.4 is 5.32 Å². The molecule has 4 rings (SSSR count). The van der Waals surface area contributed by atoms with E-state index in [4.69, 9.17) is 4.74 Å². The molecule has 0 spiro atoms. The Morgan fingerprint density at radius 2 is 2.50 bits per heavy atom. The normalized spacial score (nSPS) is 29.9. The van der Waals surface area contributed by atoms with Crippen LogP contribution in [0.4, 0.5) is 0 Å². The topological polar surface area (TPSA) is 41.6 Å². The van der Waals surface area contributed by atoms with E-state index in [1.165, 1.54) is 16.2 Å². The van der Waals surface area contributed by atoms with Crippen molar-refractivity contribution in [2.24, 2.45) is 0 Å². The number of hydrogen-bond acceptors (Lipinski definition) is 4. The Labute approximate surface area is 110 Å². The van der Waals surface area contributed by atoms with E-state index < -0.39 is 0 Å². The molecule has 96 valence electrons. The molecule has 0 bridgehead atoms. The molecule has 2 fully saturated rings. The molecule has 3 heterocycles. The highest BCUT2D eigenvalue weighted by molar-refractivity contribution is 7.12. The summed E-state index contributed by atoms with van der Waals surface area (Å²) >= 11 is 1.79. The van der Waals surface area contributed by atoms with Gasteiger partial charge in [-0.1, -0.05) is 0 Å². The minimum absolute atomic E-state index is 0.0983. The number of carbonyl (C=O) groups excluding carboxylic acids is 1. The second-order valence-electron chi connectivity index (χ2n) is 5.23. The Morgan fingerprint density at radius 1 is 1.56 bits per heavy atom. The van der Waals surface area contributed by atoms with Crippen LogP contribution >= 0.6 is 11.3 Å². The average molecular weight is 264 g/mol. The highest BCUT2D eigenvalue weighted by Crippen LogP contribution is 2.34. The average Bonchev–Trinajstić information content (AvgIpc) is 2.95. The summed E-state index contributed by atoms with van der Waals surface area (Å²) in [6, 6.07) is 2.75. The molecule has 0 radical (unpaired) electrons. The molecule has 1 saturated carbocycles. The van der Waals surface area contributed by atoms with Crippen LogP contribution in [0.2, 0.25) is 0 Å². The van der Waals surface area contributed by atoms with Gasteiger partial charge in [0.15, 0.2) is 0 Å². The molecule has 1 N–H and O–H groups in total.